The van der Waals surface area contributed by atoms with Crippen molar-refractivity contribution in [1.82, 2.24) is 4.98 Å². The molecule has 1 aliphatic carbocycles. The molecule has 1 aromatic heterocycles. The summed E-state index contributed by atoms with van der Waals surface area (Å²) in [6, 6.07) is 10.3. The third kappa shape index (κ3) is 2.41. The van der Waals surface area contributed by atoms with E-state index in [0.29, 0.717) is 0 Å². The second kappa shape index (κ2) is 5.14. The third-order valence-electron chi connectivity index (χ3n) is 4.20. The molecular formula is C17H19NO. The van der Waals surface area contributed by atoms with E-state index in [1.165, 1.54) is 24.8 Å². The molecule has 2 aromatic rings. The first-order valence-electron chi connectivity index (χ1n) is 6.94. The number of hydrogen-bond acceptors (Lipinski definition) is 2. The van der Waals surface area contributed by atoms with Gasteiger partial charge in [0.1, 0.15) is 6.10 Å². The van der Waals surface area contributed by atoms with Gasteiger partial charge >= 0.3 is 0 Å². The van der Waals surface area contributed by atoms with E-state index in [2.05, 4.69) is 17.1 Å². The van der Waals surface area contributed by atoms with Crippen molar-refractivity contribution in [1.29, 1.82) is 0 Å². The van der Waals surface area contributed by atoms with Crippen LogP contribution in [0.2, 0.25) is 0 Å². The van der Waals surface area contributed by atoms with Gasteiger partial charge in [0.05, 0.1) is 0 Å². The highest BCUT2D eigenvalue weighted by Gasteiger charge is 2.20. The van der Waals surface area contributed by atoms with Crippen molar-refractivity contribution < 1.29 is 5.11 Å². The van der Waals surface area contributed by atoms with Gasteiger partial charge in [-0.15, -0.1) is 0 Å². The van der Waals surface area contributed by atoms with Gasteiger partial charge in [-0.2, -0.15) is 0 Å². The summed E-state index contributed by atoms with van der Waals surface area (Å²) in [5.41, 5.74) is 4.31. The van der Waals surface area contributed by atoms with Crippen LogP contribution in [0.4, 0.5) is 0 Å². The Balaban J connectivity index is 1.83. The van der Waals surface area contributed by atoms with Crippen molar-refractivity contribution in [3.8, 4) is 0 Å². The summed E-state index contributed by atoms with van der Waals surface area (Å²) in [4.78, 5) is 4.10. The minimum atomic E-state index is -0.579. The van der Waals surface area contributed by atoms with Crippen LogP contribution in [-0.2, 0) is 0 Å². The Morgan fingerprint density at radius 2 is 1.89 bits per heavy atom. The zero-order valence-corrected chi connectivity index (χ0v) is 11.2. The SMILES string of the molecule is Cc1ccncc1C(O)c1ccc(C2CCC2)cc1. The molecule has 2 nitrogen and oxygen atoms in total. The van der Waals surface area contributed by atoms with Crippen LogP contribution in [0.15, 0.2) is 42.7 Å². The topological polar surface area (TPSA) is 33.1 Å². The Bertz CT molecular complexity index is 558. The largest absolute Gasteiger partial charge is 0.384 e. The Morgan fingerprint density at radius 3 is 2.47 bits per heavy atom. The van der Waals surface area contributed by atoms with Crippen molar-refractivity contribution in [2.24, 2.45) is 0 Å². The third-order valence-corrected chi connectivity index (χ3v) is 4.20. The maximum atomic E-state index is 10.4. The first-order chi connectivity index (χ1) is 9.25. The number of rotatable bonds is 3. The summed E-state index contributed by atoms with van der Waals surface area (Å²) in [5, 5.41) is 10.4. The van der Waals surface area contributed by atoms with Gasteiger partial charge in [0, 0.05) is 18.0 Å². The van der Waals surface area contributed by atoms with Crippen molar-refractivity contribution in [2.45, 2.75) is 38.2 Å². The molecule has 1 N–H and O–H groups in total. The zero-order chi connectivity index (χ0) is 13.2. The summed E-state index contributed by atoms with van der Waals surface area (Å²) in [6.07, 6.45) is 6.89. The minimum absolute atomic E-state index is 0.579. The quantitative estimate of drug-likeness (QED) is 0.904. The van der Waals surface area contributed by atoms with E-state index in [0.717, 1.165) is 22.6 Å². The lowest BCUT2D eigenvalue weighted by Gasteiger charge is -2.26. The highest BCUT2D eigenvalue weighted by molar-refractivity contribution is 5.35. The fourth-order valence-corrected chi connectivity index (χ4v) is 2.63. The average molecular weight is 253 g/mol. The van der Waals surface area contributed by atoms with Crippen LogP contribution in [-0.4, -0.2) is 10.1 Å². The Hall–Kier alpha value is -1.67. The van der Waals surface area contributed by atoms with Gasteiger partial charge in [0.15, 0.2) is 0 Å². The normalized spacial score (nSPS) is 16.9. The lowest BCUT2D eigenvalue weighted by molar-refractivity contribution is 0.219. The molecule has 1 aromatic carbocycles. The summed E-state index contributed by atoms with van der Waals surface area (Å²) in [7, 11) is 0. The molecule has 1 fully saturated rings. The molecule has 0 radical (unpaired) electrons. The number of aryl methyl sites for hydroxylation is 1. The Morgan fingerprint density at radius 1 is 1.16 bits per heavy atom. The molecule has 98 valence electrons. The van der Waals surface area contributed by atoms with Gasteiger partial charge in [-0.3, -0.25) is 4.98 Å². The zero-order valence-electron chi connectivity index (χ0n) is 11.2. The minimum Gasteiger partial charge on any atom is -0.384 e. The van der Waals surface area contributed by atoms with Crippen LogP contribution in [0, 0.1) is 6.92 Å². The van der Waals surface area contributed by atoms with Crippen LogP contribution in [0.25, 0.3) is 0 Å². The molecule has 1 atom stereocenters. The second-order valence-corrected chi connectivity index (χ2v) is 5.43. The monoisotopic (exact) mass is 253 g/mol. The average Bonchev–Trinajstić information content (AvgIpc) is 2.37. The van der Waals surface area contributed by atoms with Crippen LogP contribution >= 0.6 is 0 Å². The first kappa shape index (κ1) is 12.4. The van der Waals surface area contributed by atoms with E-state index >= 15 is 0 Å². The fraction of sp³-hybridized carbons (Fsp3) is 0.353. The molecule has 1 saturated carbocycles. The molecule has 1 unspecified atom stereocenters. The maximum absolute atomic E-state index is 10.4. The number of aliphatic hydroxyl groups excluding tert-OH is 1. The number of aliphatic hydroxyl groups is 1. The molecule has 1 heterocycles. The van der Waals surface area contributed by atoms with Gasteiger partial charge in [-0.05, 0) is 48.4 Å². The van der Waals surface area contributed by atoms with Crippen LogP contribution < -0.4 is 0 Å². The number of hydrogen-bond donors (Lipinski definition) is 1. The van der Waals surface area contributed by atoms with E-state index in [9.17, 15) is 5.11 Å². The first-order valence-corrected chi connectivity index (χ1v) is 6.94. The molecule has 0 aliphatic heterocycles. The molecule has 0 amide bonds. The van der Waals surface area contributed by atoms with Crippen LogP contribution in [0.1, 0.15) is 53.5 Å². The molecule has 3 rings (SSSR count). The fourth-order valence-electron chi connectivity index (χ4n) is 2.63. The second-order valence-electron chi connectivity index (χ2n) is 5.43. The Kier molecular flexibility index (Phi) is 3.34. The summed E-state index contributed by atoms with van der Waals surface area (Å²) < 4.78 is 0. The van der Waals surface area contributed by atoms with Gasteiger partial charge in [0.2, 0.25) is 0 Å². The molecule has 0 bridgehead atoms. The smallest absolute Gasteiger partial charge is 0.106 e. The van der Waals surface area contributed by atoms with Gasteiger partial charge in [-0.1, -0.05) is 30.7 Å². The highest BCUT2D eigenvalue weighted by atomic mass is 16.3. The van der Waals surface area contributed by atoms with E-state index in [1.807, 2.05) is 25.1 Å². The van der Waals surface area contributed by atoms with Gasteiger partial charge < -0.3 is 5.11 Å². The maximum Gasteiger partial charge on any atom is 0.106 e. The lowest BCUT2D eigenvalue weighted by Crippen LogP contribution is -2.09. The summed E-state index contributed by atoms with van der Waals surface area (Å²) in [5.74, 6) is 0.742. The number of benzene rings is 1. The highest BCUT2D eigenvalue weighted by Crippen LogP contribution is 2.36. The summed E-state index contributed by atoms with van der Waals surface area (Å²) in [6.45, 7) is 2.00. The predicted molar refractivity (Wildman–Crippen MR) is 76.1 cm³/mol. The van der Waals surface area contributed by atoms with Gasteiger partial charge in [-0.25, -0.2) is 0 Å². The molecule has 1 aliphatic rings. The van der Waals surface area contributed by atoms with Crippen LogP contribution in [0.5, 0.6) is 0 Å². The molecule has 0 saturated heterocycles. The van der Waals surface area contributed by atoms with Crippen molar-refractivity contribution in [3.63, 3.8) is 0 Å². The van der Waals surface area contributed by atoms with Crippen LogP contribution in [0.3, 0.4) is 0 Å². The van der Waals surface area contributed by atoms with E-state index in [4.69, 9.17) is 0 Å². The van der Waals surface area contributed by atoms with E-state index in [-0.39, 0.29) is 0 Å². The van der Waals surface area contributed by atoms with Crippen molar-refractivity contribution >= 4 is 0 Å². The lowest BCUT2D eigenvalue weighted by atomic mass is 9.80. The molecule has 19 heavy (non-hydrogen) atoms. The molecular weight excluding hydrogens is 234 g/mol. The van der Waals surface area contributed by atoms with E-state index < -0.39 is 6.10 Å². The van der Waals surface area contributed by atoms with Gasteiger partial charge in [0.25, 0.3) is 0 Å². The van der Waals surface area contributed by atoms with Crippen molar-refractivity contribution in [3.05, 3.63) is 65.0 Å². The van der Waals surface area contributed by atoms with E-state index in [1.54, 1.807) is 12.4 Å². The Labute approximate surface area is 114 Å². The number of aromatic nitrogens is 1. The predicted octanol–water partition coefficient (Wildman–Crippen LogP) is 3.74. The number of pyridine rings is 1. The molecule has 2 heteroatoms. The standard InChI is InChI=1S/C17H19NO/c1-12-9-10-18-11-16(12)17(19)15-7-5-14(6-8-15)13-3-2-4-13/h5-11,13,17,19H,2-4H2,1H3. The molecule has 0 spiro atoms. The number of nitrogens with zero attached hydrogens (tertiary/aromatic N) is 1. The summed E-state index contributed by atoms with van der Waals surface area (Å²) >= 11 is 0. The van der Waals surface area contributed by atoms with Crippen molar-refractivity contribution in [2.75, 3.05) is 0 Å².